The molecule has 0 aliphatic carbocycles. The van der Waals surface area contributed by atoms with Crippen LogP contribution in [0.3, 0.4) is 0 Å². The van der Waals surface area contributed by atoms with Crippen LogP contribution in [0, 0.1) is 6.92 Å². The van der Waals surface area contributed by atoms with Gasteiger partial charge in [-0.25, -0.2) is 0 Å². The normalized spacial score (nSPS) is 18.7. The molecule has 1 atom stereocenters. The molecule has 0 radical (unpaired) electrons. The molecule has 148 valence electrons. The van der Waals surface area contributed by atoms with E-state index < -0.39 is 24.4 Å². The zero-order chi connectivity index (χ0) is 20.5. The van der Waals surface area contributed by atoms with Crippen LogP contribution in [0.2, 0.25) is 0 Å². The first kappa shape index (κ1) is 20.6. The summed E-state index contributed by atoms with van der Waals surface area (Å²) in [5.74, 6) is -0.221. The van der Waals surface area contributed by atoms with E-state index in [1.807, 2.05) is 77.1 Å². The first-order valence-corrected chi connectivity index (χ1v) is 9.57. The molecule has 2 aromatic rings. The van der Waals surface area contributed by atoms with Crippen molar-refractivity contribution in [2.45, 2.75) is 51.9 Å². The SMILES string of the molecule is Cc1cc(B2OC(C)(C)C(C)(C)O2)ccc1C(=O)N[C@H](CO)c1ccccc1. The average Bonchev–Trinajstić information content (AvgIpc) is 2.87. The lowest BCUT2D eigenvalue weighted by atomic mass is 9.78. The number of benzene rings is 2. The number of aliphatic hydroxyl groups excluding tert-OH is 1. The second-order valence-electron chi connectivity index (χ2n) is 8.28. The summed E-state index contributed by atoms with van der Waals surface area (Å²) in [6.07, 6.45) is 0. The second-order valence-corrected chi connectivity index (χ2v) is 8.28. The molecule has 5 nitrogen and oxygen atoms in total. The van der Waals surface area contributed by atoms with E-state index in [9.17, 15) is 9.90 Å². The summed E-state index contributed by atoms with van der Waals surface area (Å²) in [6, 6.07) is 14.6. The molecule has 6 heteroatoms. The average molecular weight is 381 g/mol. The highest BCUT2D eigenvalue weighted by Gasteiger charge is 2.51. The van der Waals surface area contributed by atoms with Crippen molar-refractivity contribution in [3.8, 4) is 0 Å². The molecule has 1 aliphatic heterocycles. The number of rotatable bonds is 5. The van der Waals surface area contributed by atoms with E-state index in [4.69, 9.17) is 9.31 Å². The molecule has 0 aromatic heterocycles. The standard InChI is InChI=1S/C22H28BNO4/c1-15-13-17(23-27-21(2,3)22(4,5)28-23)11-12-18(15)20(26)24-19(14-25)16-9-7-6-8-10-16/h6-13,19,25H,14H2,1-5H3,(H,24,26)/t19-/m1/s1. The molecule has 3 rings (SSSR count). The number of carbonyl (C=O) groups is 1. The summed E-state index contributed by atoms with van der Waals surface area (Å²) < 4.78 is 12.2. The Hall–Kier alpha value is -2.15. The lowest BCUT2D eigenvalue weighted by Crippen LogP contribution is -2.41. The summed E-state index contributed by atoms with van der Waals surface area (Å²) in [4.78, 5) is 12.8. The van der Waals surface area contributed by atoms with Gasteiger partial charge in [0, 0.05) is 5.56 Å². The van der Waals surface area contributed by atoms with Gasteiger partial charge in [0.05, 0.1) is 23.9 Å². The lowest BCUT2D eigenvalue weighted by molar-refractivity contribution is 0.00578. The molecule has 2 aromatic carbocycles. The number of aliphatic hydroxyl groups is 1. The third-order valence-electron chi connectivity index (χ3n) is 5.71. The van der Waals surface area contributed by atoms with Gasteiger partial charge in [0.15, 0.2) is 0 Å². The second kappa shape index (κ2) is 7.70. The van der Waals surface area contributed by atoms with Crippen LogP contribution in [0.15, 0.2) is 48.5 Å². The molecule has 1 saturated heterocycles. The number of hydrogen-bond donors (Lipinski definition) is 2. The Kier molecular flexibility index (Phi) is 5.66. The molecule has 0 bridgehead atoms. The van der Waals surface area contributed by atoms with Crippen LogP contribution >= 0.6 is 0 Å². The summed E-state index contributed by atoms with van der Waals surface area (Å²) >= 11 is 0. The fourth-order valence-electron chi connectivity index (χ4n) is 3.22. The molecule has 0 spiro atoms. The predicted molar refractivity (Wildman–Crippen MR) is 111 cm³/mol. The van der Waals surface area contributed by atoms with Crippen LogP contribution in [-0.2, 0) is 9.31 Å². The van der Waals surface area contributed by atoms with Crippen LogP contribution in [0.4, 0.5) is 0 Å². The van der Waals surface area contributed by atoms with Crippen molar-refractivity contribution < 1.29 is 19.2 Å². The van der Waals surface area contributed by atoms with Gasteiger partial charge in [0.1, 0.15) is 0 Å². The number of carbonyl (C=O) groups excluding carboxylic acids is 1. The zero-order valence-electron chi connectivity index (χ0n) is 17.2. The number of hydrogen-bond acceptors (Lipinski definition) is 4. The van der Waals surface area contributed by atoms with Gasteiger partial charge in [-0.1, -0.05) is 42.5 Å². The summed E-state index contributed by atoms with van der Waals surface area (Å²) in [7, 11) is -0.463. The predicted octanol–water partition coefficient (Wildman–Crippen LogP) is 2.76. The van der Waals surface area contributed by atoms with Crippen LogP contribution in [0.25, 0.3) is 0 Å². The Bertz CT molecular complexity index is 835. The lowest BCUT2D eigenvalue weighted by Gasteiger charge is -2.32. The Balaban J connectivity index is 1.76. The topological polar surface area (TPSA) is 67.8 Å². The highest BCUT2D eigenvalue weighted by molar-refractivity contribution is 6.62. The largest absolute Gasteiger partial charge is 0.494 e. The van der Waals surface area contributed by atoms with Crippen molar-refractivity contribution in [1.29, 1.82) is 0 Å². The third kappa shape index (κ3) is 3.99. The van der Waals surface area contributed by atoms with Crippen LogP contribution < -0.4 is 10.8 Å². The fraction of sp³-hybridized carbons (Fsp3) is 0.409. The molecular formula is C22H28BNO4. The molecule has 1 aliphatic rings. The van der Waals surface area contributed by atoms with E-state index in [0.717, 1.165) is 16.6 Å². The van der Waals surface area contributed by atoms with E-state index in [-0.39, 0.29) is 12.5 Å². The Morgan fingerprint density at radius 3 is 2.21 bits per heavy atom. The van der Waals surface area contributed by atoms with E-state index >= 15 is 0 Å². The Morgan fingerprint density at radius 2 is 1.68 bits per heavy atom. The molecule has 1 heterocycles. The minimum absolute atomic E-state index is 0.166. The fourth-order valence-corrected chi connectivity index (χ4v) is 3.22. The Morgan fingerprint density at radius 1 is 1.07 bits per heavy atom. The van der Waals surface area contributed by atoms with Crippen molar-refractivity contribution in [2.75, 3.05) is 6.61 Å². The van der Waals surface area contributed by atoms with Crippen molar-refractivity contribution in [3.05, 3.63) is 65.2 Å². The van der Waals surface area contributed by atoms with E-state index in [1.54, 1.807) is 6.07 Å². The minimum Gasteiger partial charge on any atom is -0.399 e. The zero-order valence-corrected chi connectivity index (χ0v) is 17.2. The molecule has 1 fully saturated rings. The maximum absolute atomic E-state index is 12.8. The van der Waals surface area contributed by atoms with Crippen LogP contribution in [0.1, 0.15) is 55.2 Å². The van der Waals surface area contributed by atoms with Crippen molar-refractivity contribution in [2.24, 2.45) is 0 Å². The van der Waals surface area contributed by atoms with Crippen LogP contribution in [0.5, 0.6) is 0 Å². The minimum atomic E-state index is -0.463. The molecule has 0 unspecified atom stereocenters. The molecule has 2 N–H and O–H groups in total. The van der Waals surface area contributed by atoms with Gasteiger partial charge in [-0.05, 0) is 57.3 Å². The van der Waals surface area contributed by atoms with Crippen LogP contribution in [-0.4, -0.2) is 35.9 Å². The molecule has 28 heavy (non-hydrogen) atoms. The maximum atomic E-state index is 12.8. The summed E-state index contributed by atoms with van der Waals surface area (Å²) in [5.41, 5.74) is 2.32. The quantitative estimate of drug-likeness (QED) is 0.782. The maximum Gasteiger partial charge on any atom is 0.494 e. The van der Waals surface area contributed by atoms with Crippen molar-refractivity contribution in [3.63, 3.8) is 0 Å². The van der Waals surface area contributed by atoms with Gasteiger partial charge < -0.3 is 19.7 Å². The van der Waals surface area contributed by atoms with Gasteiger partial charge in [0.2, 0.25) is 0 Å². The first-order chi connectivity index (χ1) is 13.1. The van der Waals surface area contributed by atoms with Gasteiger partial charge in [-0.3, -0.25) is 4.79 Å². The number of aryl methyl sites for hydroxylation is 1. The van der Waals surface area contributed by atoms with Crippen molar-refractivity contribution >= 4 is 18.5 Å². The molecule has 1 amide bonds. The van der Waals surface area contributed by atoms with E-state index in [0.29, 0.717) is 5.56 Å². The first-order valence-electron chi connectivity index (χ1n) is 9.57. The number of amides is 1. The highest BCUT2D eigenvalue weighted by Crippen LogP contribution is 2.36. The van der Waals surface area contributed by atoms with E-state index in [2.05, 4.69) is 5.32 Å². The van der Waals surface area contributed by atoms with Gasteiger partial charge in [0.25, 0.3) is 5.91 Å². The molecule has 0 saturated carbocycles. The summed E-state index contributed by atoms with van der Waals surface area (Å²) in [5, 5.41) is 12.6. The third-order valence-corrected chi connectivity index (χ3v) is 5.71. The summed E-state index contributed by atoms with van der Waals surface area (Å²) in [6.45, 7) is 9.78. The highest BCUT2D eigenvalue weighted by atomic mass is 16.7. The van der Waals surface area contributed by atoms with E-state index in [1.165, 1.54) is 0 Å². The number of nitrogens with one attached hydrogen (secondary N) is 1. The monoisotopic (exact) mass is 381 g/mol. The van der Waals surface area contributed by atoms with Gasteiger partial charge in [-0.2, -0.15) is 0 Å². The van der Waals surface area contributed by atoms with Gasteiger partial charge >= 0.3 is 7.12 Å². The Labute approximate surface area is 167 Å². The van der Waals surface area contributed by atoms with Crippen molar-refractivity contribution in [1.82, 2.24) is 5.32 Å². The smallest absolute Gasteiger partial charge is 0.399 e. The van der Waals surface area contributed by atoms with Gasteiger partial charge in [-0.15, -0.1) is 0 Å². The molecular weight excluding hydrogens is 353 g/mol.